The predicted octanol–water partition coefficient (Wildman–Crippen LogP) is 2.35. The van der Waals surface area contributed by atoms with Gasteiger partial charge in [0.05, 0.1) is 11.4 Å². The summed E-state index contributed by atoms with van der Waals surface area (Å²) in [6.45, 7) is 5.13. The van der Waals surface area contributed by atoms with Crippen LogP contribution in [0.1, 0.15) is 20.8 Å². The Labute approximate surface area is 137 Å². The Bertz CT molecular complexity index is 798. The summed E-state index contributed by atoms with van der Waals surface area (Å²) in [5, 5.41) is 0. The van der Waals surface area contributed by atoms with Gasteiger partial charge in [-0.15, -0.1) is 0 Å². The van der Waals surface area contributed by atoms with Gasteiger partial charge in [-0.25, -0.2) is 14.1 Å². The Balaban J connectivity index is 2.12. The van der Waals surface area contributed by atoms with Gasteiger partial charge in [0, 0.05) is 12.6 Å². The Morgan fingerprint density at radius 2 is 1.92 bits per heavy atom. The number of ether oxygens (including phenoxy) is 2. The molecule has 7 nitrogen and oxygen atoms in total. The molecule has 0 aromatic heterocycles. The fraction of sp³-hybridized carbons (Fsp3) is 0.312. The molecule has 0 radical (unpaired) electrons. The van der Waals surface area contributed by atoms with E-state index in [9.17, 15) is 18.8 Å². The number of nitrogens with zero attached hydrogens (tertiary/aromatic N) is 2. The quantitative estimate of drug-likeness (QED) is 0.776. The van der Waals surface area contributed by atoms with Crippen molar-refractivity contribution in [2.24, 2.45) is 0 Å². The smallest absolute Gasteiger partial charge is 0.427 e. The molecule has 0 atom stereocenters. The van der Waals surface area contributed by atoms with E-state index in [1.165, 1.54) is 11.0 Å². The summed E-state index contributed by atoms with van der Waals surface area (Å²) in [5.41, 5.74) is 0.524. The molecular weight excluding hydrogens is 319 g/mol. The summed E-state index contributed by atoms with van der Waals surface area (Å²) in [5.74, 6) is -1.80. The zero-order valence-corrected chi connectivity index (χ0v) is 13.4. The van der Waals surface area contributed by atoms with Crippen LogP contribution in [0.5, 0.6) is 5.75 Å². The lowest BCUT2D eigenvalue weighted by Crippen LogP contribution is -2.39. The lowest BCUT2D eigenvalue weighted by Gasteiger charge is -2.29. The van der Waals surface area contributed by atoms with E-state index in [0.29, 0.717) is 22.7 Å². The number of halogens is 1. The third-order valence-corrected chi connectivity index (χ3v) is 3.75. The molecular formula is C16H15FN2O5. The minimum atomic E-state index is -0.985. The number of amides is 3. The fourth-order valence-corrected chi connectivity index (χ4v) is 2.61. The van der Waals surface area contributed by atoms with Crippen molar-refractivity contribution in [3.05, 3.63) is 29.3 Å². The van der Waals surface area contributed by atoms with Crippen LogP contribution >= 0.6 is 0 Å². The second-order valence-corrected chi connectivity index (χ2v) is 5.54. The molecule has 0 spiro atoms. The summed E-state index contributed by atoms with van der Waals surface area (Å²) >= 11 is 0. The minimum absolute atomic E-state index is 0.128. The van der Waals surface area contributed by atoms with E-state index in [1.807, 2.05) is 0 Å². The first-order valence-corrected chi connectivity index (χ1v) is 7.35. The van der Waals surface area contributed by atoms with Gasteiger partial charge in [-0.05, 0) is 32.4 Å². The first-order valence-electron chi connectivity index (χ1n) is 7.35. The zero-order chi connectivity index (χ0) is 17.6. The topological polar surface area (TPSA) is 76.2 Å². The summed E-state index contributed by atoms with van der Waals surface area (Å²) in [7, 11) is 0. The molecule has 1 aromatic rings. The summed E-state index contributed by atoms with van der Waals surface area (Å²) in [6, 6.07) is 2.30. The number of likely N-dealkylation sites (N-methyl/N-ethyl adjacent to an activating group) is 1. The van der Waals surface area contributed by atoms with Crippen molar-refractivity contribution in [1.29, 1.82) is 0 Å². The van der Waals surface area contributed by atoms with E-state index < -0.39 is 17.8 Å². The monoisotopic (exact) mass is 334 g/mol. The largest absolute Gasteiger partial charge is 0.481 e. The fourth-order valence-electron chi connectivity index (χ4n) is 2.61. The third kappa shape index (κ3) is 2.31. The Morgan fingerprint density at radius 3 is 2.50 bits per heavy atom. The first-order chi connectivity index (χ1) is 11.3. The Morgan fingerprint density at radius 1 is 1.21 bits per heavy atom. The van der Waals surface area contributed by atoms with Gasteiger partial charge in [0.25, 0.3) is 5.91 Å². The number of hydrogen-bond acceptors (Lipinski definition) is 5. The number of benzene rings is 1. The molecule has 0 bridgehead atoms. The maximum absolute atomic E-state index is 14.4. The number of cyclic esters (lactones) is 1. The average Bonchev–Trinajstić information content (AvgIpc) is 2.82. The van der Waals surface area contributed by atoms with Gasteiger partial charge in [0.1, 0.15) is 5.75 Å². The molecule has 0 aliphatic carbocycles. The van der Waals surface area contributed by atoms with Crippen molar-refractivity contribution in [1.82, 2.24) is 0 Å². The minimum Gasteiger partial charge on any atom is -0.481 e. The number of carbonyl (C=O) groups excluding carboxylic acids is 3. The number of carbonyl (C=O) groups is 3. The van der Waals surface area contributed by atoms with Gasteiger partial charge in [0.15, 0.2) is 18.2 Å². The summed E-state index contributed by atoms with van der Waals surface area (Å²) < 4.78 is 24.6. The van der Waals surface area contributed by atoms with Gasteiger partial charge in [-0.1, -0.05) is 0 Å². The standard InChI is InChI=1S/C16H15FN2O5/c1-4-18-11-6-10(9(17)5-12(11)23-7-13(18)20)19-15(21)14(8(2)3)24-16(19)22/h5-6H,4,7H2,1-3H3. The first kappa shape index (κ1) is 16.0. The van der Waals surface area contributed by atoms with Crippen LogP contribution in [0.15, 0.2) is 23.5 Å². The van der Waals surface area contributed by atoms with E-state index in [-0.39, 0.29) is 29.7 Å². The molecule has 1 fully saturated rings. The van der Waals surface area contributed by atoms with Crippen LogP contribution in [0.2, 0.25) is 0 Å². The van der Waals surface area contributed by atoms with Crippen LogP contribution in [-0.4, -0.2) is 31.1 Å². The number of hydrogen-bond donors (Lipinski definition) is 0. The lowest BCUT2D eigenvalue weighted by molar-refractivity contribution is -0.121. The maximum Gasteiger partial charge on any atom is 0.427 e. The molecule has 1 saturated heterocycles. The second kappa shape index (κ2) is 5.63. The molecule has 0 unspecified atom stereocenters. The van der Waals surface area contributed by atoms with Crippen LogP contribution in [-0.2, 0) is 14.3 Å². The van der Waals surface area contributed by atoms with E-state index in [2.05, 4.69) is 0 Å². The second-order valence-electron chi connectivity index (χ2n) is 5.54. The number of fused-ring (bicyclic) bond motifs is 1. The highest BCUT2D eigenvalue weighted by Crippen LogP contribution is 2.39. The molecule has 0 N–H and O–H groups in total. The zero-order valence-electron chi connectivity index (χ0n) is 13.4. The highest BCUT2D eigenvalue weighted by Gasteiger charge is 2.41. The molecule has 2 aliphatic rings. The molecule has 1 aromatic carbocycles. The maximum atomic E-state index is 14.4. The van der Waals surface area contributed by atoms with Crippen LogP contribution < -0.4 is 14.5 Å². The van der Waals surface area contributed by atoms with E-state index in [1.54, 1.807) is 20.8 Å². The van der Waals surface area contributed by atoms with Crippen molar-refractivity contribution in [2.75, 3.05) is 23.0 Å². The van der Waals surface area contributed by atoms with Gasteiger partial charge in [-0.2, -0.15) is 0 Å². The van der Waals surface area contributed by atoms with Crippen molar-refractivity contribution >= 4 is 29.3 Å². The van der Waals surface area contributed by atoms with Crippen LogP contribution in [0.25, 0.3) is 0 Å². The van der Waals surface area contributed by atoms with Crippen LogP contribution in [0, 0.1) is 5.82 Å². The van der Waals surface area contributed by atoms with Crippen LogP contribution in [0.3, 0.4) is 0 Å². The van der Waals surface area contributed by atoms with Gasteiger partial charge in [-0.3, -0.25) is 9.59 Å². The SMILES string of the molecule is CCN1C(=O)COc2cc(F)c(N3C(=O)OC(=C(C)C)C3=O)cc21. The Kier molecular flexibility index (Phi) is 3.75. The molecule has 2 aliphatic heterocycles. The molecule has 126 valence electrons. The van der Waals surface area contributed by atoms with Crippen molar-refractivity contribution in [2.45, 2.75) is 20.8 Å². The van der Waals surface area contributed by atoms with Crippen LogP contribution in [0.4, 0.5) is 20.6 Å². The van der Waals surface area contributed by atoms with Crippen molar-refractivity contribution in [3.8, 4) is 5.75 Å². The molecule has 0 saturated carbocycles. The number of imide groups is 1. The highest BCUT2D eigenvalue weighted by atomic mass is 19.1. The number of rotatable bonds is 2. The number of allylic oxidation sites excluding steroid dienone is 1. The number of anilines is 2. The molecule has 3 amide bonds. The third-order valence-electron chi connectivity index (χ3n) is 3.75. The predicted molar refractivity (Wildman–Crippen MR) is 82.3 cm³/mol. The molecule has 3 rings (SSSR count). The van der Waals surface area contributed by atoms with Gasteiger partial charge < -0.3 is 14.4 Å². The summed E-state index contributed by atoms with van der Waals surface area (Å²) in [4.78, 5) is 38.3. The lowest BCUT2D eigenvalue weighted by atomic mass is 10.1. The normalized spacial score (nSPS) is 17.0. The average molecular weight is 334 g/mol. The van der Waals surface area contributed by atoms with Crippen molar-refractivity contribution in [3.63, 3.8) is 0 Å². The summed E-state index contributed by atoms with van der Waals surface area (Å²) in [6.07, 6.45) is -0.985. The van der Waals surface area contributed by atoms with E-state index >= 15 is 0 Å². The Hall–Kier alpha value is -2.90. The van der Waals surface area contributed by atoms with Gasteiger partial charge >= 0.3 is 12.0 Å². The molecule has 8 heteroatoms. The molecule has 2 heterocycles. The van der Waals surface area contributed by atoms with Gasteiger partial charge in [0.2, 0.25) is 0 Å². The van der Waals surface area contributed by atoms with Crippen molar-refractivity contribution < 1.29 is 28.2 Å². The van der Waals surface area contributed by atoms with E-state index in [4.69, 9.17) is 9.47 Å². The van der Waals surface area contributed by atoms with E-state index in [0.717, 1.165) is 6.07 Å². The molecule has 24 heavy (non-hydrogen) atoms. The highest BCUT2D eigenvalue weighted by molar-refractivity contribution is 6.24.